The summed E-state index contributed by atoms with van der Waals surface area (Å²) in [4.78, 5) is 30.1. The van der Waals surface area contributed by atoms with Gasteiger partial charge in [0, 0.05) is 41.4 Å². The van der Waals surface area contributed by atoms with E-state index < -0.39 is 0 Å². The van der Waals surface area contributed by atoms with Crippen molar-refractivity contribution in [2.24, 2.45) is 0 Å². The zero-order valence-corrected chi connectivity index (χ0v) is 21.9. The van der Waals surface area contributed by atoms with E-state index in [1.165, 1.54) is 12.0 Å². The maximum atomic E-state index is 13.6. The molecule has 0 N–H and O–H groups in total. The molecular formula is C27H38BrN3O2. The summed E-state index contributed by atoms with van der Waals surface area (Å²) in [6, 6.07) is 12.9. The van der Waals surface area contributed by atoms with Gasteiger partial charge in [0.2, 0.25) is 11.8 Å². The molecule has 0 spiro atoms. The van der Waals surface area contributed by atoms with Gasteiger partial charge in [0.25, 0.3) is 0 Å². The van der Waals surface area contributed by atoms with Gasteiger partial charge in [0.05, 0.1) is 6.54 Å². The van der Waals surface area contributed by atoms with Crippen molar-refractivity contribution in [3.05, 3.63) is 58.3 Å². The molecule has 5 nitrogen and oxygen atoms in total. The Hall–Kier alpha value is -2.08. The van der Waals surface area contributed by atoms with Crippen LogP contribution in [0.3, 0.4) is 0 Å². The van der Waals surface area contributed by atoms with Crippen LogP contribution in [0.1, 0.15) is 77.0 Å². The van der Waals surface area contributed by atoms with Gasteiger partial charge in [-0.05, 0) is 56.0 Å². The highest BCUT2D eigenvalue weighted by Gasteiger charge is 2.29. The molecule has 2 aromatic rings. The smallest absolute Gasteiger partial charge is 0.242 e. The van der Waals surface area contributed by atoms with Crippen LogP contribution >= 0.6 is 15.9 Å². The van der Waals surface area contributed by atoms with Gasteiger partial charge < -0.3 is 14.4 Å². The summed E-state index contributed by atoms with van der Waals surface area (Å²) in [6.45, 7) is 7.51. The minimum absolute atomic E-state index is 0.0555. The lowest BCUT2D eigenvalue weighted by Crippen LogP contribution is -2.49. The van der Waals surface area contributed by atoms with Crippen molar-refractivity contribution < 1.29 is 9.59 Å². The van der Waals surface area contributed by atoms with Gasteiger partial charge in [-0.25, -0.2) is 0 Å². The first-order chi connectivity index (χ1) is 15.9. The average molecular weight is 517 g/mol. The molecule has 1 aromatic heterocycles. The minimum atomic E-state index is 0.0555. The Morgan fingerprint density at radius 3 is 2.39 bits per heavy atom. The van der Waals surface area contributed by atoms with Crippen molar-refractivity contribution >= 4 is 27.7 Å². The maximum Gasteiger partial charge on any atom is 0.242 e. The number of carbonyl (C=O) groups is 2. The zero-order chi connectivity index (χ0) is 23.8. The summed E-state index contributed by atoms with van der Waals surface area (Å²) >= 11 is 3.50. The molecule has 3 rings (SSSR count). The summed E-state index contributed by atoms with van der Waals surface area (Å²) in [6.07, 6.45) is 9.03. The quantitative estimate of drug-likeness (QED) is 0.389. The SMILES string of the molecule is CCC(=O)N(CC(=O)N(Cc1cccn1Cc1ccc(Br)cc1)C1CCCCC1)[C@@H](C)CC. The van der Waals surface area contributed by atoms with E-state index in [4.69, 9.17) is 0 Å². The van der Waals surface area contributed by atoms with E-state index >= 15 is 0 Å². The fraction of sp³-hybridized carbons (Fsp3) is 0.556. The number of halogens is 1. The molecule has 1 aliphatic carbocycles. The fourth-order valence-electron chi connectivity index (χ4n) is 4.67. The molecule has 1 heterocycles. The predicted molar refractivity (Wildman–Crippen MR) is 137 cm³/mol. The number of hydrogen-bond acceptors (Lipinski definition) is 2. The highest BCUT2D eigenvalue weighted by atomic mass is 79.9. The van der Waals surface area contributed by atoms with Crippen molar-refractivity contribution in [3.63, 3.8) is 0 Å². The van der Waals surface area contributed by atoms with Crippen LogP contribution in [0.15, 0.2) is 47.1 Å². The second-order valence-corrected chi connectivity index (χ2v) is 10.1. The molecule has 0 bridgehead atoms. The third-order valence-corrected chi connectivity index (χ3v) is 7.44. The second-order valence-electron chi connectivity index (χ2n) is 9.20. The van der Waals surface area contributed by atoms with Gasteiger partial charge in [0.1, 0.15) is 6.54 Å². The lowest BCUT2D eigenvalue weighted by atomic mass is 9.94. The average Bonchev–Trinajstić information content (AvgIpc) is 3.28. The number of carbonyl (C=O) groups excluding carboxylic acids is 2. The first kappa shape index (κ1) is 25.5. The summed E-state index contributed by atoms with van der Waals surface area (Å²) in [5, 5.41) is 0. The van der Waals surface area contributed by atoms with E-state index in [1.807, 2.05) is 13.8 Å². The Bertz CT molecular complexity index is 902. The maximum absolute atomic E-state index is 13.6. The van der Waals surface area contributed by atoms with Crippen LogP contribution in [-0.2, 0) is 22.7 Å². The molecule has 6 heteroatoms. The summed E-state index contributed by atoms with van der Waals surface area (Å²) in [5.41, 5.74) is 2.36. The zero-order valence-electron chi connectivity index (χ0n) is 20.3. The molecule has 1 aliphatic rings. The topological polar surface area (TPSA) is 45.6 Å². The number of hydrogen-bond donors (Lipinski definition) is 0. The van der Waals surface area contributed by atoms with Crippen LogP contribution in [0.2, 0.25) is 0 Å². The van der Waals surface area contributed by atoms with Gasteiger partial charge in [0.15, 0.2) is 0 Å². The van der Waals surface area contributed by atoms with E-state index in [0.29, 0.717) is 13.0 Å². The van der Waals surface area contributed by atoms with Crippen LogP contribution in [0, 0.1) is 0 Å². The first-order valence-corrected chi connectivity index (χ1v) is 13.2. The molecular weight excluding hydrogens is 478 g/mol. The first-order valence-electron chi connectivity index (χ1n) is 12.4. The lowest BCUT2D eigenvalue weighted by Gasteiger charge is -2.37. The number of aromatic nitrogens is 1. The van der Waals surface area contributed by atoms with Crippen LogP contribution in [0.4, 0.5) is 0 Å². The molecule has 0 radical (unpaired) electrons. The van der Waals surface area contributed by atoms with Crippen LogP contribution in [-0.4, -0.2) is 44.8 Å². The van der Waals surface area contributed by atoms with Gasteiger partial charge in [-0.1, -0.05) is 61.2 Å². The predicted octanol–water partition coefficient (Wildman–Crippen LogP) is 6.00. The number of rotatable bonds is 10. The van der Waals surface area contributed by atoms with Crippen molar-refractivity contribution in [3.8, 4) is 0 Å². The van der Waals surface area contributed by atoms with Crippen molar-refractivity contribution in [2.75, 3.05) is 6.54 Å². The molecule has 1 aromatic carbocycles. The van der Waals surface area contributed by atoms with E-state index in [9.17, 15) is 9.59 Å². The largest absolute Gasteiger partial charge is 0.345 e. The number of benzene rings is 1. The Balaban J connectivity index is 1.80. The normalized spacial score (nSPS) is 15.3. The van der Waals surface area contributed by atoms with Gasteiger partial charge in [-0.3, -0.25) is 9.59 Å². The second kappa shape index (κ2) is 12.4. The summed E-state index contributed by atoms with van der Waals surface area (Å²) in [5.74, 6) is 0.125. The van der Waals surface area contributed by atoms with E-state index in [2.05, 4.69) is 74.9 Å². The summed E-state index contributed by atoms with van der Waals surface area (Å²) in [7, 11) is 0. The van der Waals surface area contributed by atoms with Crippen LogP contribution < -0.4 is 0 Å². The summed E-state index contributed by atoms with van der Waals surface area (Å²) < 4.78 is 3.30. The highest BCUT2D eigenvalue weighted by molar-refractivity contribution is 9.10. The molecule has 180 valence electrons. The monoisotopic (exact) mass is 515 g/mol. The Morgan fingerprint density at radius 1 is 1.06 bits per heavy atom. The van der Waals surface area contributed by atoms with Crippen molar-refractivity contribution in [1.82, 2.24) is 14.4 Å². The molecule has 1 fully saturated rings. The third kappa shape index (κ3) is 6.95. The van der Waals surface area contributed by atoms with Gasteiger partial charge >= 0.3 is 0 Å². The fourth-order valence-corrected chi connectivity index (χ4v) is 4.94. The number of amides is 2. The van der Waals surface area contributed by atoms with Crippen LogP contribution in [0.25, 0.3) is 0 Å². The van der Waals surface area contributed by atoms with E-state index in [1.54, 1.807) is 4.90 Å². The molecule has 0 aliphatic heterocycles. The Labute approximate surface area is 207 Å². The lowest BCUT2D eigenvalue weighted by molar-refractivity contribution is -0.144. The van der Waals surface area contributed by atoms with E-state index in [-0.39, 0.29) is 30.4 Å². The molecule has 0 saturated heterocycles. The Kier molecular flexibility index (Phi) is 9.60. The van der Waals surface area contributed by atoms with Crippen molar-refractivity contribution in [2.45, 2.75) is 90.9 Å². The van der Waals surface area contributed by atoms with Crippen LogP contribution in [0.5, 0.6) is 0 Å². The molecule has 1 saturated carbocycles. The molecule has 33 heavy (non-hydrogen) atoms. The number of nitrogens with zero attached hydrogens (tertiary/aromatic N) is 3. The van der Waals surface area contributed by atoms with E-state index in [0.717, 1.165) is 48.8 Å². The minimum Gasteiger partial charge on any atom is -0.345 e. The van der Waals surface area contributed by atoms with Gasteiger partial charge in [-0.2, -0.15) is 0 Å². The Morgan fingerprint density at radius 2 is 1.76 bits per heavy atom. The molecule has 0 unspecified atom stereocenters. The standard InChI is InChI=1S/C27H38BrN3O2/c1-4-21(3)30(26(32)5-2)20-27(33)31(24-10-7-6-8-11-24)19-25-12-9-17-29(25)18-22-13-15-23(28)16-14-22/h9,12-17,21,24H,4-8,10-11,18-20H2,1-3H3/t21-/m0/s1. The molecule has 1 atom stereocenters. The third-order valence-electron chi connectivity index (χ3n) is 6.91. The van der Waals surface area contributed by atoms with Gasteiger partial charge in [-0.15, -0.1) is 0 Å². The van der Waals surface area contributed by atoms with Crippen molar-refractivity contribution in [1.29, 1.82) is 0 Å². The molecule has 2 amide bonds. The highest BCUT2D eigenvalue weighted by Crippen LogP contribution is 2.25.